The molecule has 2 aromatic carbocycles. The molecule has 0 bridgehead atoms. The number of rotatable bonds is 5. The van der Waals surface area contributed by atoms with E-state index in [1.54, 1.807) is 0 Å². The third kappa shape index (κ3) is 2.59. The molecule has 2 rings (SSSR count). The highest BCUT2D eigenvalue weighted by Crippen LogP contribution is 2.20. The van der Waals surface area contributed by atoms with Gasteiger partial charge in [0.1, 0.15) is 6.29 Å². The van der Waals surface area contributed by atoms with Crippen molar-refractivity contribution in [3.8, 4) is 0 Å². The number of likely N-dealkylation sites (N-methyl/N-ethyl adjacent to an activating group) is 1. The van der Waals surface area contributed by atoms with Crippen LogP contribution in [-0.2, 0) is 11.2 Å². The number of hydrogen-bond acceptors (Lipinski definition) is 2. The zero-order valence-corrected chi connectivity index (χ0v) is 11.0. The molecule has 2 heteroatoms. The van der Waals surface area contributed by atoms with Crippen LogP contribution in [0.5, 0.6) is 0 Å². The van der Waals surface area contributed by atoms with Gasteiger partial charge >= 0.3 is 0 Å². The van der Waals surface area contributed by atoms with Crippen molar-refractivity contribution in [2.24, 2.45) is 0 Å². The van der Waals surface area contributed by atoms with Gasteiger partial charge in [-0.3, -0.25) is 4.90 Å². The highest BCUT2D eigenvalue weighted by Gasteiger charge is 2.14. The molecule has 94 valence electrons. The number of benzene rings is 2. The van der Waals surface area contributed by atoms with E-state index in [-0.39, 0.29) is 6.04 Å². The standard InChI is InChI=1S/C16H19NO/c1-3-17(2)15(12-18)11-14-9-6-8-13-7-4-5-10-16(13)14/h4-10,12,15H,3,11H2,1-2H3. The second-order valence-electron chi connectivity index (χ2n) is 4.62. The van der Waals surface area contributed by atoms with Gasteiger partial charge < -0.3 is 4.79 Å². The lowest BCUT2D eigenvalue weighted by atomic mass is 9.99. The van der Waals surface area contributed by atoms with E-state index in [0.29, 0.717) is 0 Å². The Morgan fingerprint density at radius 2 is 1.89 bits per heavy atom. The molecule has 0 N–H and O–H groups in total. The van der Waals surface area contributed by atoms with Crippen LogP contribution in [0.3, 0.4) is 0 Å². The smallest absolute Gasteiger partial charge is 0.137 e. The van der Waals surface area contributed by atoms with E-state index < -0.39 is 0 Å². The highest BCUT2D eigenvalue weighted by molar-refractivity contribution is 5.86. The fraction of sp³-hybridized carbons (Fsp3) is 0.312. The van der Waals surface area contributed by atoms with Crippen molar-refractivity contribution in [2.45, 2.75) is 19.4 Å². The summed E-state index contributed by atoms with van der Waals surface area (Å²) in [7, 11) is 1.99. The molecule has 0 aliphatic carbocycles. The molecular formula is C16H19NO. The molecule has 0 saturated carbocycles. The number of hydrogen-bond donors (Lipinski definition) is 0. The topological polar surface area (TPSA) is 20.3 Å². The van der Waals surface area contributed by atoms with E-state index in [9.17, 15) is 4.79 Å². The van der Waals surface area contributed by atoms with Crippen molar-refractivity contribution in [1.82, 2.24) is 4.90 Å². The minimum absolute atomic E-state index is 0.0409. The number of nitrogens with zero attached hydrogens (tertiary/aromatic N) is 1. The van der Waals surface area contributed by atoms with Gasteiger partial charge in [-0.25, -0.2) is 0 Å². The second kappa shape index (κ2) is 5.78. The Hall–Kier alpha value is -1.67. The summed E-state index contributed by atoms with van der Waals surface area (Å²) >= 11 is 0. The monoisotopic (exact) mass is 241 g/mol. The van der Waals surface area contributed by atoms with Crippen molar-refractivity contribution in [3.63, 3.8) is 0 Å². The van der Waals surface area contributed by atoms with Crippen molar-refractivity contribution in [3.05, 3.63) is 48.0 Å². The van der Waals surface area contributed by atoms with E-state index in [2.05, 4.69) is 42.2 Å². The van der Waals surface area contributed by atoms with Crippen LogP contribution in [0.1, 0.15) is 12.5 Å². The zero-order chi connectivity index (χ0) is 13.0. The van der Waals surface area contributed by atoms with Crippen molar-refractivity contribution in [1.29, 1.82) is 0 Å². The van der Waals surface area contributed by atoms with Gasteiger partial charge in [-0.2, -0.15) is 0 Å². The van der Waals surface area contributed by atoms with Gasteiger partial charge in [-0.1, -0.05) is 49.4 Å². The van der Waals surface area contributed by atoms with Crippen LogP contribution >= 0.6 is 0 Å². The molecule has 1 atom stereocenters. The molecular weight excluding hydrogens is 222 g/mol. The number of carbonyl (C=O) groups excluding carboxylic acids is 1. The summed E-state index contributed by atoms with van der Waals surface area (Å²) < 4.78 is 0. The van der Waals surface area contributed by atoms with Gasteiger partial charge in [0, 0.05) is 0 Å². The van der Waals surface area contributed by atoms with Crippen LogP contribution in [0.2, 0.25) is 0 Å². The summed E-state index contributed by atoms with van der Waals surface area (Å²) in [5, 5.41) is 2.48. The van der Waals surface area contributed by atoms with E-state index in [4.69, 9.17) is 0 Å². The van der Waals surface area contributed by atoms with Gasteiger partial charge in [-0.05, 0) is 36.3 Å². The maximum absolute atomic E-state index is 11.2. The summed E-state index contributed by atoms with van der Waals surface area (Å²) in [6.07, 6.45) is 1.82. The van der Waals surface area contributed by atoms with Gasteiger partial charge in [-0.15, -0.1) is 0 Å². The fourth-order valence-electron chi connectivity index (χ4n) is 2.24. The SMILES string of the molecule is CCN(C)C(C=O)Cc1cccc2ccccc12. The summed E-state index contributed by atoms with van der Waals surface area (Å²) in [4.78, 5) is 13.3. The molecule has 0 aromatic heterocycles. The summed E-state index contributed by atoms with van der Waals surface area (Å²) in [5.74, 6) is 0. The van der Waals surface area contributed by atoms with Crippen LogP contribution < -0.4 is 0 Å². The number of aldehydes is 1. The minimum Gasteiger partial charge on any atom is -0.302 e. The van der Waals surface area contributed by atoms with Gasteiger partial charge in [0.15, 0.2) is 0 Å². The Balaban J connectivity index is 2.33. The van der Waals surface area contributed by atoms with Crippen LogP contribution in [0.4, 0.5) is 0 Å². The predicted molar refractivity (Wildman–Crippen MR) is 75.8 cm³/mol. The molecule has 0 spiro atoms. The summed E-state index contributed by atoms with van der Waals surface area (Å²) in [6, 6.07) is 14.6. The molecule has 18 heavy (non-hydrogen) atoms. The van der Waals surface area contributed by atoms with Gasteiger partial charge in [0.05, 0.1) is 6.04 Å². The quantitative estimate of drug-likeness (QED) is 0.750. The molecule has 0 amide bonds. The predicted octanol–water partition coefficient (Wildman–Crippen LogP) is 2.90. The lowest BCUT2D eigenvalue weighted by Crippen LogP contribution is -2.34. The molecule has 0 heterocycles. The summed E-state index contributed by atoms with van der Waals surface area (Å²) in [5.41, 5.74) is 1.24. The first-order valence-electron chi connectivity index (χ1n) is 6.38. The average molecular weight is 241 g/mol. The van der Waals surface area contributed by atoms with Crippen LogP contribution in [0, 0.1) is 0 Å². The Labute approximate surface area is 108 Å². The average Bonchev–Trinajstić information content (AvgIpc) is 2.44. The Morgan fingerprint density at radius 1 is 1.17 bits per heavy atom. The van der Waals surface area contributed by atoms with E-state index in [1.165, 1.54) is 16.3 Å². The molecule has 0 aliphatic rings. The molecule has 1 unspecified atom stereocenters. The number of fused-ring (bicyclic) bond motifs is 1. The largest absolute Gasteiger partial charge is 0.302 e. The van der Waals surface area contributed by atoms with Gasteiger partial charge in [0.2, 0.25) is 0 Å². The zero-order valence-electron chi connectivity index (χ0n) is 11.0. The maximum atomic E-state index is 11.2. The Bertz CT molecular complexity index is 530. The second-order valence-corrected chi connectivity index (χ2v) is 4.62. The Kier molecular flexibility index (Phi) is 4.11. The fourth-order valence-corrected chi connectivity index (χ4v) is 2.24. The first kappa shape index (κ1) is 12.8. The third-order valence-corrected chi connectivity index (χ3v) is 3.53. The molecule has 2 aromatic rings. The van der Waals surface area contributed by atoms with E-state index in [0.717, 1.165) is 19.3 Å². The molecule has 0 saturated heterocycles. The van der Waals surface area contributed by atoms with E-state index in [1.807, 2.05) is 19.2 Å². The lowest BCUT2D eigenvalue weighted by molar-refractivity contribution is -0.111. The first-order valence-corrected chi connectivity index (χ1v) is 6.38. The van der Waals surface area contributed by atoms with Crippen LogP contribution in [0.15, 0.2) is 42.5 Å². The Morgan fingerprint density at radius 3 is 2.61 bits per heavy atom. The van der Waals surface area contributed by atoms with Crippen molar-refractivity contribution >= 4 is 17.1 Å². The lowest BCUT2D eigenvalue weighted by Gasteiger charge is -2.22. The molecule has 2 nitrogen and oxygen atoms in total. The molecule has 0 radical (unpaired) electrons. The van der Waals surface area contributed by atoms with E-state index >= 15 is 0 Å². The minimum atomic E-state index is -0.0409. The van der Waals surface area contributed by atoms with Crippen LogP contribution in [0.25, 0.3) is 10.8 Å². The third-order valence-electron chi connectivity index (χ3n) is 3.53. The van der Waals surface area contributed by atoms with Crippen molar-refractivity contribution in [2.75, 3.05) is 13.6 Å². The van der Waals surface area contributed by atoms with Crippen LogP contribution in [-0.4, -0.2) is 30.8 Å². The first-order chi connectivity index (χ1) is 8.76. The number of carbonyl (C=O) groups is 1. The normalized spacial score (nSPS) is 12.8. The van der Waals surface area contributed by atoms with Gasteiger partial charge in [0.25, 0.3) is 0 Å². The highest BCUT2D eigenvalue weighted by atomic mass is 16.1. The summed E-state index contributed by atoms with van der Waals surface area (Å²) in [6.45, 7) is 2.95. The molecule has 0 fully saturated rings. The maximum Gasteiger partial charge on any atom is 0.137 e. The van der Waals surface area contributed by atoms with Crippen molar-refractivity contribution < 1.29 is 4.79 Å². The molecule has 0 aliphatic heterocycles.